The fourth-order valence-electron chi connectivity index (χ4n) is 3.77. The van der Waals surface area contributed by atoms with Gasteiger partial charge in [-0.15, -0.1) is 0 Å². The maximum atomic E-state index is 5.62. The number of nitrogens with one attached hydrogen (secondary N) is 1. The standard InChI is InChI=1S/C17H35N3O/c1-5-20-9-8-19(12-16(20)4)14-17(13-18-15(2)3)6-10-21-11-7-17/h15-16,18H,5-14H2,1-4H3. The van der Waals surface area contributed by atoms with Crippen LogP contribution in [0.5, 0.6) is 0 Å². The van der Waals surface area contributed by atoms with Crippen LogP contribution in [-0.2, 0) is 4.74 Å². The van der Waals surface area contributed by atoms with Crippen molar-refractivity contribution in [2.45, 2.75) is 52.6 Å². The quantitative estimate of drug-likeness (QED) is 0.809. The lowest BCUT2D eigenvalue weighted by molar-refractivity contribution is -0.0192. The molecule has 4 nitrogen and oxygen atoms in total. The predicted octanol–water partition coefficient (Wildman–Crippen LogP) is 1.81. The summed E-state index contributed by atoms with van der Waals surface area (Å²) in [5, 5.41) is 3.68. The molecule has 2 rings (SSSR count). The van der Waals surface area contributed by atoms with E-state index in [9.17, 15) is 0 Å². The first kappa shape index (κ1) is 17.2. The molecule has 2 heterocycles. The molecule has 0 aromatic heterocycles. The highest BCUT2D eigenvalue weighted by Gasteiger charge is 2.36. The SMILES string of the molecule is CCN1CCN(CC2(CNC(C)C)CCOCC2)CC1C. The Balaban J connectivity index is 1.92. The largest absolute Gasteiger partial charge is 0.381 e. The first-order chi connectivity index (χ1) is 10.0. The number of likely N-dealkylation sites (N-methyl/N-ethyl adjacent to an activating group) is 1. The Bertz CT molecular complexity index is 302. The van der Waals surface area contributed by atoms with Gasteiger partial charge in [0.25, 0.3) is 0 Å². The minimum Gasteiger partial charge on any atom is -0.381 e. The Kier molecular flexibility index (Phi) is 6.48. The molecule has 124 valence electrons. The minimum absolute atomic E-state index is 0.413. The average molecular weight is 297 g/mol. The zero-order valence-electron chi connectivity index (χ0n) is 14.5. The van der Waals surface area contributed by atoms with Crippen LogP contribution in [0, 0.1) is 5.41 Å². The molecule has 0 bridgehead atoms. The van der Waals surface area contributed by atoms with Gasteiger partial charge in [-0.05, 0) is 31.7 Å². The van der Waals surface area contributed by atoms with Gasteiger partial charge in [-0.3, -0.25) is 9.80 Å². The van der Waals surface area contributed by atoms with E-state index in [2.05, 4.69) is 42.8 Å². The van der Waals surface area contributed by atoms with E-state index in [4.69, 9.17) is 4.74 Å². The molecule has 1 atom stereocenters. The van der Waals surface area contributed by atoms with E-state index in [1.807, 2.05) is 0 Å². The summed E-state index contributed by atoms with van der Waals surface area (Å²) in [5.74, 6) is 0. The lowest BCUT2D eigenvalue weighted by atomic mass is 9.79. The van der Waals surface area contributed by atoms with E-state index in [1.165, 1.54) is 45.6 Å². The first-order valence-corrected chi connectivity index (χ1v) is 8.82. The second-order valence-corrected chi connectivity index (χ2v) is 7.36. The van der Waals surface area contributed by atoms with Crippen molar-refractivity contribution in [1.82, 2.24) is 15.1 Å². The summed E-state index contributed by atoms with van der Waals surface area (Å²) in [7, 11) is 0. The van der Waals surface area contributed by atoms with Crippen LogP contribution in [0.3, 0.4) is 0 Å². The van der Waals surface area contributed by atoms with Crippen LogP contribution >= 0.6 is 0 Å². The molecule has 2 fully saturated rings. The number of hydrogen-bond acceptors (Lipinski definition) is 4. The van der Waals surface area contributed by atoms with Crippen LogP contribution in [0.15, 0.2) is 0 Å². The van der Waals surface area contributed by atoms with Crippen molar-refractivity contribution in [2.24, 2.45) is 5.41 Å². The van der Waals surface area contributed by atoms with Gasteiger partial charge in [0.2, 0.25) is 0 Å². The normalized spacial score (nSPS) is 28.1. The lowest BCUT2D eigenvalue weighted by Crippen LogP contribution is -2.56. The molecular weight excluding hydrogens is 262 g/mol. The highest BCUT2D eigenvalue weighted by atomic mass is 16.5. The van der Waals surface area contributed by atoms with Crippen molar-refractivity contribution in [1.29, 1.82) is 0 Å². The minimum atomic E-state index is 0.413. The molecular formula is C17H35N3O. The van der Waals surface area contributed by atoms with Crippen LogP contribution in [0.25, 0.3) is 0 Å². The van der Waals surface area contributed by atoms with Crippen molar-refractivity contribution in [3.05, 3.63) is 0 Å². The van der Waals surface area contributed by atoms with Gasteiger partial charge in [-0.25, -0.2) is 0 Å². The van der Waals surface area contributed by atoms with Gasteiger partial charge in [0.1, 0.15) is 0 Å². The van der Waals surface area contributed by atoms with Crippen LogP contribution < -0.4 is 5.32 Å². The molecule has 0 radical (unpaired) electrons. The van der Waals surface area contributed by atoms with Crippen LogP contribution in [0.4, 0.5) is 0 Å². The molecule has 0 aromatic carbocycles. The van der Waals surface area contributed by atoms with Crippen LogP contribution in [0.2, 0.25) is 0 Å². The van der Waals surface area contributed by atoms with E-state index in [-0.39, 0.29) is 0 Å². The first-order valence-electron chi connectivity index (χ1n) is 8.82. The van der Waals surface area contributed by atoms with Crippen LogP contribution in [0.1, 0.15) is 40.5 Å². The Labute approximate surface area is 131 Å². The van der Waals surface area contributed by atoms with Gasteiger partial charge in [-0.2, -0.15) is 0 Å². The summed E-state index contributed by atoms with van der Waals surface area (Å²) >= 11 is 0. The van der Waals surface area contributed by atoms with Crippen molar-refractivity contribution >= 4 is 0 Å². The predicted molar refractivity (Wildman–Crippen MR) is 88.8 cm³/mol. The van der Waals surface area contributed by atoms with Gasteiger partial charge < -0.3 is 10.1 Å². The second kappa shape index (κ2) is 7.91. The van der Waals surface area contributed by atoms with Crippen molar-refractivity contribution in [3.63, 3.8) is 0 Å². The number of rotatable bonds is 6. The summed E-state index contributed by atoms with van der Waals surface area (Å²) in [6, 6.07) is 1.26. The molecule has 21 heavy (non-hydrogen) atoms. The molecule has 2 aliphatic rings. The molecule has 2 aliphatic heterocycles. The molecule has 2 saturated heterocycles. The fraction of sp³-hybridized carbons (Fsp3) is 1.00. The molecule has 0 aliphatic carbocycles. The third kappa shape index (κ3) is 4.92. The Hall–Kier alpha value is -0.160. The Morgan fingerprint density at radius 3 is 2.52 bits per heavy atom. The highest BCUT2D eigenvalue weighted by Crippen LogP contribution is 2.31. The summed E-state index contributed by atoms with van der Waals surface area (Å²) in [6.45, 7) is 18.2. The van der Waals surface area contributed by atoms with E-state index in [0.717, 1.165) is 19.8 Å². The highest BCUT2D eigenvalue weighted by molar-refractivity contribution is 4.90. The smallest absolute Gasteiger partial charge is 0.0472 e. The number of hydrogen-bond donors (Lipinski definition) is 1. The molecule has 0 saturated carbocycles. The van der Waals surface area contributed by atoms with Gasteiger partial charge in [0, 0.05) is 58.0 Å². The fourth-order valence-corrected chi connectivity index (χ4v) is 3.77. The average Bonchev–Trinajstić information content (AvgIpc) is 2.46. The van der Waals surface area contributed by atoms with E-state index in [0.29, 0.717) is 17.5 Å². The summed E-state index contributed by atoms with van der Waals surface area (Å²) in [4.78, 5) is 5.30. The van der Waals surface area contributed by atoms with Gasteiger partial charge in [-0.1, -0.05) is 20.8 Å². The number of nitrogens with zero attached hydrogens (tertiary/aromatic N) is 2. The van der Waals surface area contributed by atoms with Gasteiger partial charge in [0.15, 0.2) is 0 Å². The molecule has 0 aromatic rings. The summed E-state index contributed by atoms with van der Waals surface area (Å²) in [5.41, 5.74) is 0.413. The van der Waals surface area contributed by atoms with Crippen molar-refractivity contribution in [3.8, 4) is 0 Å². The molecule has 1 unspecified atom stereocenters. The summed E-state index contributed by atoms with van der Waals surface area (Å²) in [6.07, 6.45) is 2.41. The number of piperazine rings is 1. The third-order valence-electron chi connectivity index (χ3n) is 5.25. The zero-order valence-corrected chi connectivity index (χ0v) is 14.5. The maximum Gasteiger partial charge on any atom is 0.0472 e. The maximum absolute atomic E-state index is 5.62. The Morgan fingerprint density at radius 1 is 1.24 bits per heavy atom. The van der Waals surface area contributed by atoms with Crippen molar-refractivity contribution in [2.75, 3.05) is 52.5 Å². The molecule has 1 N–H and O–H groups in total. The second-order valence-electron chi connectivity index (χ2n) is 7.36. The number of ether oxygens (including phenoxy) is 1. The summed E-state index contributed by atoms with van der Waals surface area (Å²) < 4.78 is 5.62. The zero-order chi connectivity index (χ0) is 15.3. The lowest BCUT2D eigenvalue weighted by Gasteiger charge is -2.46. The van der Waals surface area contributed by atoms with E-state index >= 15 is 0 Å². The third-order valence-corrected chi connectivity index (χ3v) is 5.25. The van der Waals surface area contributed by atoms with Crippen LogP contribution in [-0.4, -0.2) is 74.4 Å². The molecule has 4 heteroatoms. The topological polar surface area (TPSA) is 27.7 Å². The van der Waals surface area contributed by atoms with Gasteiger partial charge >= 0.3 is 0 Å². The van der Waals surface area contributed by atoms with Crippen molar-refractivity contribution < 1.29 is 4.74 Å². The van der Waals surface area contributed by atoms with E-state index in [1.54, 1.807) is 0 Å². The monoisotopic (exact) mass is 297 g/mol. The molecule has 0 amide bonds. The van der Waals surface area contributed by atoms with Gasteiger partial charge in [0.05, 0.1) is 0 Å². The Morgan fingerprint density at radius 2 is 1.95 bits per heavy atom. The van der Waals surface area contributed by atoms with E-state index < -0.39 is 0 Å². The molecule has 0 spiro atoms.